The lowest BCUT2D eigenvalue weighted by atomic mass is 10.1. The highest BCUT2D eigenvalue weighted by atomic mass is 16.1. The summed E-state index contributed by atoms with van der Waals surface area (Å²) in [5, 5.41) is 0. The van der Waals surface area contributed by atoms with Gasteiger partial charge in [0.2, 0.25) is 0 Å². The molecule has 0 aliphatic carbocycles. The van der Waals surface area contributed by atoms with E-state index >= 15 is 0 Å². The molecule has 0 aliphatic heterocycles. The van der Waals surface area contributed by atoms with E-state index in [9.17, 15) is 4.79 Å². The third-order valence-corrected chi connectivity index (χ3v) is 1.54. The topological polar surface area (TPSA) is 17.1 Å². The van der Waals surface area contributed by atoms with Crippen LogP contribution in [0.25, 0.3) is 0 Å². The Balaban J connectivity index is 3.81. The molecule has 1 heteroatoms. The molecular formula is C12H16O. The summed E-state index contributed by atoms with van der Waals surface area (Å²) in [5.74, 6) is 0.104. The summed E-state index contributed by atoms with van der Waals surface area (Å²) in [6, 6.07) is 0. The van der Waals surface area contributed by atoms with Crippen molar-refractivity contribution < 1.29 is 4.79 Å². The molecule has 0 fully saturated rings. The second-order valence-electron chi connectivity index (χ2n) is 2.65. The van der Waals surface area contributed by atoms with E-state index in [2.05, 4.69) is 13.2 Å². The summed E-state index contributed by atoms with van der Waals surface area (Å²) in [5.41, 5.74) is 0.578. The maximum Gasteiger partial charge on any atom is 0.162 e. The van der Waals surface area contributed by atoms with Gasteiger partial charge in [0.1, 0.15) is 0 Å². The molecule has 0 heterocycles. The van der Waals surface area contributed by atoms with Gasteiger partial charge in [-0.1, -0.05) is 43.5 Å². The van der Waals surface area contributed by atoms with Gasteiger partial charge in [0.15, 0.2) is 5.78 Å². The van der Waals surface area contributed by atoms with Crippen molar-refractivity contribution in [1.29, 1.82) is 0 Å². The first-order valence-corrected chi connectivity index (χ1v) is 4.34. The molecule has 0 spiro atoms. The van der Waals surface area contributed by atoms with E-state index in [0.717, 1.165) is 6.42 Å². The largest absolute Gasteiger partial charge is 0.294 e. The molecule has 0 rings (SSSR count). The van der Waals surface area contributed by atoms with Crippen molar-refractivity contribution >= 4 is 5.78 Å². The number of ketones is 1. The maximum atomic E-state index is 11.3. The SMILES string of the molecule is C=CC=CCCC(=O)C(=C)C=CC. The average Bonchev–Trinajstić information content (AvgIpc) is 2.12. The minimum Gasteiger partial charge on any atom is -0.294 e. The Morgan fingerprint density at radius 1 is 1.46 bits per heavy atom. The van der Waals surface area contributed by atoms with E-state index in [1.54, 1.807) is 12.2 Å². The molecule has 0 bridgehead atoms. The van der Waals surface area contributed by atoms with Crippen molar-refractivity contribution in [2.24, 2.45) is 0 Å². The van der Waals surface area contributed by atoms with Crippen LogP contribution in [0.1, 0.15) is 19.8 Å². The van der Waals surface area contributed by atoms with E-state index in [0.29, 0.717) is 12.0 Å². The van der Waals surface area contributed by atoms with Crippen molar-refractivity contribution in [3.63, 3.8) is 0 Å². The normalized spacial score (nSPS) is 10.8. The first-order chi connectivity index (χ1) is 6.22. The molecule has 13 heavy (non-hydrogen) atoms. The molecule has 0 aromatic rings. The van der Waals surface area contributed by atoms with E-state index in [1.807, 2.05) is 25.2 Å². The lowest BCUT2D eigenvalue weighted by Gasteiger charge is -1.95. The third-order valence-electron chi connectivity index (χ3n) is 1.54. The first-order valence-electron chi connectivity index (χ1n) is 4.34. The number of allylic oxidation sites excluding steroid dienone is 6. The highest BCUT2D eigenvalue weighted by Crippen LogP contribution is 2.02. The molecule has 0 saturated heterocycles. The van der Waals surface area contributed by atoms with Gasteiger partial charge in [0, 0.05) is 12.0 Å². The molecule has 0 N–H and O–H groups in total. The number of Topliss-reactive ketones (excluding diaryl/α,β-unsaturated/α-hetero) is 1. The van der Waals surface area contributed by atoms with Crippen LogP contribution >= 0.6 is 0 Å². The molecule has 0 aromatic heterocycles. The number of hydrogen-bond donors (Lipinski definition) is 0. The number of hydrogen-bond acceptors (Lipinski definition) is 1. The van der Waals surface area contributed by atoms with E-state index in [4.69, 9.17) is 0 Å². The zero-order valence-corrected chi connectivity index (χ0v) is 8.12. The highest BCUT2D eigenvalue weighted by molar-refractivity contribution is 5.97. The van der Waals surface area contributed by atoms with Gasteiger partial charge in [-0.05, 0) is 13.3 Å². The predicted octanol–water partition coefficient (Wildman–Crippen LogP) is 3.21. The van der Waals surface area contributed by atoms with Crippen molar-refractivity contribution in [3.05, 3.63) is 49.1 Å². The van der Waals surface area contributed by atoms with Gasteiger partial charge in [-0.3, -0.25) is 4.79 Å². The van der Waals surface area contributed by atoms with E-state index < -0.39 is 0 Å². The Bertz CT molecular complexity index is 244. The number of carbonyl (C=O) groups excluding carboxylic acids is 1. The minimum atomic E-state index is 0.104. The quantitative estimate of drug-likeness (QED) is 0.448. The van der Waals surface area contributed by atoms with Crippen LogP contribution in [-0.4, -0.2) is 5.78 Å². The molecule has 1 nitrogen and oxygen atoms in total. The Morgan fingerprint density at radius 2 is 2.15 bits per heavy atom. The summed E-state index contributed by atoms with van der Waals surface area (Å²) in [7, 11) is 0. The van der Waals surface area contributed by atoms with Crippen LogP contribution in [0, 0.1) is 0 Å². The van der Waals surface area contributed by atoms with Gasteiger partial charge < -0.3 is 0 Å². The second-order valence-corrected chi connectivity index (χ2v) is 2.65. The lowest BCUT2D eigenvalue weighted by Crippen LogP contribution is -1.97. The minimum absolute atomic E-state index is 0.104. The Labute approximate surface area is 80.2 Å². The highest BCUT2D eigenvalue weighted by Gasteiger charge is 2.00. The maximum absolute atomic E-state index is 11.3. The van der Waals surface area contributed by atoms with Crippen molar-refractivity contribution in [3.8, 4) is 0 Å². The molecule has 0 aliphatic rings. The standard InChI is InChI=1S/C12H16O/c1-4-6-7-8-10-12(13)11(3)9-5-2/h4-7,9H,1,3,8,10H2,2H3. The van der Waals surface area contributed by atoms with Crippen LogP contribution in [0.3, 0.4) is 0 Å². The summed E-state index contributed by atoms with van der Waals surface area (Å²) in [6.45, 7) is 9.08. The van der Waals surface area contributed by atoms with Crippen LogP contribution in [0.2, 0.25) is 0 Å². The third kappa shape index (κ3) is 5.85. The van der Waals surface area contributed by atoms with Crippen LogP contribution in [0.5, 0.6) is 0 Å². The fourth-order valence-corrected chi connectivity index (χ4v) is 0.862. The summed E-state index contributed by atoms with van der Waals surface area (Å²) in [6.07, 6.45) is 10.3. The average molecular weight is 176 g/mol. The predicted molar refractivity (Wildman–Crippen MR) is 57.5 cm³/mol. The number of carbonyl (C=O) groups is 1. The van der Waals surface area contributed by atoms with E-state index in [1.165, 1.54) is 0 Å². The fourth-order valence-electron chi connectivity index (χ4n) is 0.862. The van der Waals surface area contributed by atoms with Crippen LogP contribution < -0.4 is 0 Å². The van der Waals surface area contributed by atoms with E-state index in [-0.39, 0.29) is 5.78 Å². The van der Waals surface area contributed by atoms with Gasteiger partial charge in [-0.2, -0.15) is 0 Å². The second kappa shape index (κ2) is 7.29. The summed E-state index contributed by atoms with van der Waals surface area (Å²) >= 11 is 0. The van der Waals surface area contributed by atoms with Crippen molar-refractivity contribution in [1.82, 2.24) is 0 Å². The van der Waals surface area contributed by atoms with Crippen molar-refractivity contribution in [2.75, 3.05) is 0 Å². The molecule has 70 valence electrons. The molecular weight excluding hydrogens is 160 g/mol. The van der Waals surface area contributed by atoms with Crippen molar-refractivity contribution in [2.45, 2.75) is 19.8 Å². The van der Waals surface area contributed by atoms with Gasteiger partial charge in [0.05, 0.1) is 0 Å². The monoisotopic (exact) mass is 176 g/mol. The molecule has 0 unspecified atom stereocenters. The Hall–Kier alpha value is -1.37. The van der Waals surface area contributed by atoms with Crippen LogP contribution in [0.15, 0.2) is 49.1 Å². The molecule has 0 aromatic carbocycles. The van der Waals surface area contributed by atoms with Gasteiger partial charge >= 0.3 is 0 Å². The van der Waals surface area contributed by atoms with Gasteiger partial charge in [-0.15, -0.1) is 0 Å². The first kappa shape index (κ1) is 11.6. The zero-order valence-electron chi connectivity index (χ0n) is 8.12. The smallest absolute Gasteiger partial charge is 0.162 e. The van der Waals surface area contributed by atoms with Gasteiger partial charge in [0.25, 0.3) is 0 Å². The molecule has 0 atom stereocenters. The zero-order chi connectivity index (χ0) is 10.1. The fraction of sp³-hybridized carbons (Fsp3) is 0.250. The lowest BCUT2D eigenvalue weighted by molar-refractivity contribution is -0.115. The Kier molecular flexibility index (Phi) is 6.52. The number of rotatable bonds is 6. The van der Waals surface area contributed by atoms with Gasteiger partial charge in [-0.25, -0.2) is 0 Å². The van der Waals surface area contributed by atoms with Crippen LogP contribution in [0.4, 0.5) is 0 Å². The summed E-state index contributed by atoms with van der Waals surface area (Å²) < 4.78 is 0. The molecule has 0 radical (unpaired) electrons. The molecule has 0 saturated carbocycles. The Morgan fingerprint density at radius 3 is 2.69 bits per heavy atom. The van der Waals surface area contributed by atoms with Crippen LogP contribution in [-0.2, 0) is 4.79 Å². The summed E-state index contributed by atoms with van der Waals surface area (Å²) in [4.78, 5) is 11.3. The molecule has 0 amide bonds.